The van der Waals surface area contributed by atoms with Gasteiger partial charge in [-0.15, -0.1) is 0 Å². The highest BCUT2D eigenvalue weighted by Gasteiger charge is 2.30. The molecule has 2 aromatic heterocycles. The number of rotatable bonds is 5. The van der Waals surface area contributed by atoms with Crippen molar-refractivity contribution in [2.75, 3.05) is 19.6 Å². The van der Waals surface area contributed by atoms with Crippen LogP contribution in [0.4, 0.5) is 0 Å². The summed E-state index contributed by atoms with van der Waals surface area (Å²) in [6.07, 6.45) is 5.80. The van der Waals surface area contributed by atoms with Gasteiger partial charge in [-0.1, -0.05) is 0 Å². The fourth-order valence-electron chi connectivity index (χ4n) is 4.11. The van der Waals surface area contributed by atoms with Gasteiger partial charge in [0.25, 0.3) is 0 Å². The third kappa shape index (κ3) is 3.91. The Balaban J connectivity index is 1.26. The topological polar surface area (TPSA) is 88.2 Å². The zero-order valence-corrected chi connectivity index (χ0v) is 15.8. The lowest BCUT2D eigenvalue weighted by Gasteiger charge is -2.34. The maximum atomic E-state index is 12.6. The molecule has 2 aliphatic rings. The van der Waals surface area contributed by atoms with Gasteiger partial charge in [0.1, 0.15) is 11.9 Å². The maximum Gasteiger partial charge on any atom is 0.222 e. The molecule has 0 aromatic carbocycles. The number of likely N-dealkylation sites (tertiary alicyclic amines) is 1. The average molecular weight is 372 g/mol. The molecule has 0 spiro atoms. The summed E-state index contributed by atoms with van der Waals surface area (Å²) in [6, 6.07) is 2.11. The summed E-state index contributed by atoms with van der Waals surface area (Å²) in [5.74, 6) is 1.05. The molecule has 1 amide bonds. The van der Waals surface area contributed by atoms with Gasteiger partial charge in [0.15, 0.2) is 0 Å². The summed E-state index contributed by atoms with van der Waals surface area (Å²) < 4.78 is 3.91. The van der Waals surface area contributed by atoms with Gasteiger partial charge in [-0.25, -0.2) is 4.98 Å². The molecule has 1 fully saturated rings. The van der Waals surface area contributed by atoms with Gasteiger partial charge < -0.3 is 19.9 Å². The minimum absolute atomic E-state index is 0.155. The average Bonchev–Trinajstić information content (AvgIpc) is 3.31. The predicted octanol–water partition coefficient (Wildman–Crippen LogP) is 0.625. The van der Waals surface area contributed by atoms with Crippen molar-refractivity contribution < 1.29 is 9.90 Å². The second-order valence-electron chi connectivity index (χ2n) is 7.59. The first-order valence-corrected chi connectivity index (χ1v) is 9.81. The SMILES string of the molecule is Cn1ccnc1C(O)C1CCN(C(=O)CCc2cc3n(n2)CCNC3)CC1. The number of aliphatic hydroxyl groups excluding tert-OH is 1. The number of imidazole rings is 1. The van der Waals surface area contributed by atoms with E-state index in [0.29, 0.717) is 31.8 Å². The summed E-state index contributed by atoms with van der Waals surface area (Å²) in [4.78, 5) is 18.8. The number of hydrogen-bond donors (Lipinski definition) is 2. The molecule has 4 heterocycles. The van der Waals surface area contributed by atoms with Crippen LogP contribution in [-0.2, 0) is 31.4 Å². The maximum absolute atomic E-state index is 12.6. The summed E-state index contributed by atoms with van der Waals surface area (Å²) >= 11 is 0. The van der Waals surface area contributed by atoms with Crippen LogP contribution < -0.4 is 5.32 Å². The van der Waals surface area contributed by atoms with Crippen LogP contribution in [0.25, 0.3) is 0 Å². The van der Waals surface area contributed by atoms with Crippen molar-refractivity contribution >= 4 is 5.91 Å². The van der Waals surface area contributed by atoms with Crippen LogP contribution >= 0.6 is 0 Å². The van der Waals surface area contributed by atoms with Crippen molar-refractivity contribution in [3.05, 3.63) is 35.7 Å². The van der Waals surface area contributed by atoms with Crippen molar-refractivity contribution in [3.63, 3.8) is 0 Å². The number of fused-ring (bicyclic) bond motifs is 1. The highest BCUT2D eigenvalue weighted by atomic mass is 16.3. The van der Waals surface area contributed by atoms with E-state index in [1.807, 2.05) is 27.4 Å². The van der Waals surface area contributed by atoms with E-state index in [9.17, 15) is 9.90 Å². The standard InChI is InChI=1S/C19H28N6O2/c1-23-10-7-21-19(23)18(27)14-4-8-24(9-5-14)17(26)3-2-15-12-16-13-20-6-11-25(16)22-15/h7,10,12,14,18,20,27H,2-6,8-9,11,13H2,1H3. The number of aromatic nitrogens is 4. The Hall–Kier alpha value is -2.19. The van der Waals surface area contributed by atoms with Crippen molar-refractivity contribution in [1.29, 1.82) is 0 Å². The van der Waals surface area contributed by atoms with Gasteiger partial charge >= 0.3 is 0 Å². The van der Waals surface area contributed by atoms with Crippen LogP contribution in [0.15, 0.2) is 18.5 Å². The minimum Gasteiger partial charge on any atom is -0.385 e. The third-order valence-electron chi connectivity index (χ3n) is 5.78. The monoisotopic (exact) mass is 372 g/mol. The minimum atomic E-state index is -0.562. The van der Waals surface area contributed by atoms with Crippen LogP contribution in [0.1, 0.15) is 42.6 Å². The first kappa shape index (κ1) is 18.2. The van der Waals surface area contributed by atoms with E-state index in [0.717, 1.165) is 38.2 Å². The van der Waals surface area contributed by atoms with Crippen LogP contribution in [0, 0.1) is 5.92 Å². The van der Waals surface area contributed by atoms with Crippen molar-refractivity contribution in [3.8, 4) is 0 Å². The van der Waals surface area contributed by atoms with Crippen LogP contribution in [0.3, 0.4) is 0 Å². The number of piperidine rings is 1. The number of amides is 1. The lowest BCUT2D eigenvalue weighted by molar-refractivity contribution is -0.133. The van der Waals surface area contributed by atoms with Crippen LogP contribution in [-0.4, -0.2) is 54.9 Å². The Morgan fingerprint density at radius 3 is 2.89 bits per heavy atom. The summed E-state index contributed by atoms with van der Waals surface area (Å²) in [5, 5.41) is 18.5. The molecule has 2 aromatic rings. The Kier molecular flexibility index (Phi) is 5.27. The Bertz CT molecular complexity index is 766. The fraction of sp³-hybridized carbons (Fsp3) is 0.632. The van der Waals surface area contributed by atoms with Crippen molar-refractivity contribution in [1.82, 2.24) is 29.5 Å². The van der Waals surface area contributed by atoms with E-state index >= 15 is 0 Å². The molecule has 0 aliphatic carbocycles. The van der Waals surface area contributed by atoms with Gasteiger partial charge in [0.05, 0.1) is 17.9 Å². The van der Waals surface area contributed by atoms with Gasteiger partial charge in [-0.3, -0.25) is 9.48 Å². The smallest absolute Gasteiger partial charge is 0.222 e. The molecule has 8 nitrogen and oxygen atoms in total. The van der Waals surface area contributed by atoms with Crippen LogP contribution in [0.2, 0.25) is 0 Å². The van der Waals surface area contributed by atoms with Gasteiger partial charge in [0, 0.05) is 58.5 Å². The zero-order valence-electron chi connectivity index (χ0n) is 15.8. The van der Waals surface area contributed by atoms with E-state index in [1.54, 1.807) is 6.20 Å². The first-order valence-electron chi connectivity index (χ1n) is 9.81. The quantitative estimate of drug-likeness (QED) is 0.804. The lowest BCUT2D eigenvalue weighted by Crippen LogP contribution is -2.40. The number of carbonyl (C=O) groups excluding carboxylic acids is 1. The van der Waals surface area contributed by atoms with Crippen molar-refractivity contribution in [2.45, 2.75) is 44.9 Å². The molecular formula is C19H28N6O2. The molecule has 4 rings (SSSR count). The van der Waals surface area contributed by atoms with E-state index < -0.39 is 6.10 Å². The number of aliphatic hydroxyl groups is 1. The molecule has 1 saturated heterocycles. The zero-order chi connectivity index (χ0) is 18.8. The number of carbonyl (C=O) groups is 1. The molecule has 0 saturated carbocycles. The number of hydrogen-bond acceptors (Lipinski definition) is 5. The highest BCUT2D eigenvalue weighted by molar-refractivity contribution is 5.76. The van der Waals surface area contributed by atoms with Crippen LogP contribution in [0.5, 0.6) is 0 Å². The summed E-state index contributed by atoms with van der Waals surface area (Å²) in [5.41, 5.74) is 2.20. The molecule has 2 aliphatic heterocycles. The first-order chi connectivity index (χ1) is 13.1. The van der Waals surface area contributed by atoms with E-state index in [1.165, 1.54) is 5.69 Å². The summed E-state index contributed by atoms with van der Waals surface area (Å²) in [7, 11) is 1.90. The van der Waals surface area contributed by atoms with E-state index in [-0.39, 0.29) is 11.8 Å². The highest BCUT2D eigenvalue weighted by Crippen LogP contribution is 2.30. The number of aryl methyl sites for hydroxylation is 2. The largest absolute Gasteiger partial charge is 0.385 e. The Morgan fingerprint density at radius 2 is 2.19 bits per heavy atom. The second-order valence-corrected chi connectivity index (χ2v) is 7.59. The Labute approximate surface area is 159 Å². The molecule has 146 valence electrons. The molecule has 2 N–H and O–H groups in total. The molecular weight excluding hydrogens is 344 g/mol. The summed E-state index contributed by atoms with van der Waals surface area (Å²) in [6.45, 7) is 4.11. The van der Waals surface area contributed by atoms with E-state index in [2.05, 4.69) is 21.5 Å². The number of nitrogens with one attached hydrogen (secondary N) is 1. The molecule has 0 radical (unpaired) electrons. The molecule has 27 heavy (non-hydrogen) atoms. The molecule has 8 heteroatoms. The van der Waals surface area contributed by atoms with E-state index in [4.69, 9.17) is 0 Å². The fourth-order valence-corrected chi connectivity index (χ4v) is 4.11. The van der Waals surface area contributed by atoms with Gasteiger partial charge in [-0.05, 0) is 24.8 Å². The normalized spacial score (nSPS) is 19.1. The second kappa shape index (κ2) is 7.82. The van der Waals surface area contributed by atoms with Gasteiger partial charge in [-0.2, -0.15) is 5.10 Å². The van der Waals surface area contributed by atoms with Crippen molar-refractivity contribution in [2.24, 2.45) is 13.0 Å². The van der Waals surface area contributed by atoms with Gasteiger partial charge in [0.2, 0.25) is 5.91 Å². The number of nitrogens with zero attached hydrogens (tertiary/aromatic N) is 5. The lowest BCUT2D eigenvalue weighted by atomic mass is 9.90. The Morgan fingerprint density at radius 1 is 1.37 bits per heavy atom. The molecule has 0 bridgehead atoms. The molecule has 1 unspecified atom stereocenters. The predicted molar refractivity (Wildman–Crippen MR) is 99.7 cm³/mol. The third-order valence-corrected chi connectivity index (χ3v) is 5.78. The molecule has 1 atom stereocenters.